The third-order valence-electron chi connectivity index (χ3n) is 4.69. The first-order valence-electron chi connectivity index (χ1n) is 8.34. The minimum absolute atomic E-state index is 0.0415. The summed E-state index contributed by atoms with van der Waals surface area (Å²) < 4.78 is 4.61. The highest BCUT2D eigenvalue weighted by Gasteiger charge is 2.37. The zero-order chi connectivity index (χ0) is 15.0. The first kappa shape index (κ1) is 15.2. The monoisotopic (exact) mass is 308 g/mol. The molecule has 5 heteroatoms. The predicted octanol–water partition coefficient (Wildman–Crippen LogP) is 3.34. The van der Waals surface area contributed by atoms with Gasteiger partial charge < -0.3 is 10.2 Å². The average Bonchev–Trinajstić information content (AvgIpc) is 3.02. The Hall–Kier alpha value is -0.680. The minimum Gasteiger partial charge on any atom is -0.344 e. The lowest BCUT2D eigenvalue weighted by molar-refractivity contribution is 0.346. The van der Waals surface area contributed by atoms with E-state index in [4.69, 9.17) is 4.98 Å². The molecular formula is C16H28N4S. The normalized spacial score (nSPS) is 28.9. The molecule has 1 N–H and O–H groups in total. The molecule has 2 bridgehead atoms. The largest absolute Gasteiger partial charge is 0.344 e. The van der Waals surface area contributed by atoms with Crippen LogP contribution in [0, 0.1) is 0 Å². The Bertz CT molecular complexity index is 467. The van der Waals surface area contributed by atoms with E-state index in [0.29, 0.717) is 6.04 Å². The molecule has 0 amide bonds. The van der Waals surface area contributed by atoms with E-state index in [2.05, 4.69) is 42.3 Å². The van der Waals surface area contributed by atoms with Gasteiger partial charge in [0.15, 0.2) is 0 Å². The van der Waals surface area contributed by atoms with Crippen molar-refractivity contribution >= 4 is 16.7 Å². The predicted molar refractivity (Wildman–Crippen MR) is 89.2 cm³/mol. The van der Waals surface area contributed by atoms with Crippen LogP contribution >= 0.6 is 11.5 Å². The summed E-state index contributed by atoms with van der Waals surface area (Å²) in [5.74, 6) is 0.987. The van der Waals surface area contributed by atoms with Gasteiger partial charge in [0.25, 0.3) is 0 Å². The van der Waals surface area contributed by atoms with E-state index < -0.39 is 0 Å². The van der Waals surface area contributed by atoms with Crippen molar-refractivity contribution in [2.45, 2.75) is 83.3 Å². The fraction of sp³-hybridized carbons (Fsp3) is 0.875. The van der Waals surface area contributed by atoms with Gasteiger partial charge in [-0.05, 0) is 32.1 Å². The molecule has 3 heterocycles. The van der Waals surface area contributed by atoms with Crippen LogP contribution in [0.5, 0.6) is 0 Å². The molecule has 3 rings (SSSR count). The molecule has 0 aliphatic carbocycles. The van der Waals surface area contributed by atoms with Gasteiger partial charge in [-0.15, -0.1) is 0 Å². The topological polar surface area (TPSA) is 41.1 Å². The Morgan fingerprint density at radius 1 is 1.24 bits per heavy atom. The minimum atomic E-state index is 0.0415. The van der Waals surface area contributed by atoms with Crippen LogP contribution in [0.3, 0.4) is 0 Å². The number of rotatable bonds is 4. The number of piperidine rings is 1. The Morgan fingerprint density at radius 2 is 1.90 bits per heavy atom. The van der Waals surface area contributed by atoms with Crippen molar-refractivity contribution < 1.29 is 0 Å². The maximum Gasteiger partial charge on any atom is 0.205 e. The lowest BCUT2D eigenvalue weighted by atomic mass is 9.96. The molecule has 1 aromatic heterocycles. The van der Waals surface area contributed by atoms with E-state index in [0.717, 1.165) is 29.6 Å². The number of fused-ring (bicyclic) bond motifs is 2. The summed E-state index contributed by atoms with van der Waals surface area (Å²) in [5.41, 5.74) is 0.0415. The van der Waals surface area contributed by atoms with Gasteiger partial charge in [0, 0.05) is 41.6 Å². The van der Waals surface area contributed by atoms with E-state index in [1.165, 1.54) is 32.1 Å². The lowest BCUT2D eigenvalue weighted by Crippen LogP contribution is -2.48. The van der Waals surface area contributed by atoms with Crippen LogP contribution in [0.1, 0.15) is 65.6 Å². The average molecular weight is 308 g/mol. The molecular weight excluding hydrogens is 280 g/mol. The molecule has 2 aliphatic heterocycles. The van der Waals surface area contributed by atoms with Gasteiger partial charge in [-0.1, -0.05) is 27.7 Å². The molecule has 2 saturated heterocycles. The number of anilines is 1. The molecule has 2 aliphatic rings. The van der Waals surface area contributed by atoms with Gasteiger partial charge in [0.2, 0.25) is 5.13 Å². The number of hydrogen-bond donors (Lipinski definition) is 1. The third kappa shape index (κ3) is 3.24. The highest BCUT2D eigenvalue weighted by Crippen LogP contribution is 2.34. The van der Waals surface area contributed by atoms with E-state index in [-0.39, 0.29) is 5.41 Å². The van der Waals surface area contributed by atoms with Gasteiger partial charge >= 0.3 is 0 Å². The Balaban J connectivity index is 1.79. The van der Waals surface area contributed by atoms with Gasteiger partial charge in [-0.2, -0.15) is 4.37 Å². The van der Waals surface area contributed by atoms with Gasteiger partial charge in [-0.3, -0.25) is 0 Å². The molecule has 0 saturated carbocycles. The van der Waals surface area contributed by atoms with Crippen LogP contribution in [0.4, 0.5) is 5.13 Å². The first-order valence-corrected chi connectivity index (χ1v) is 9.11. The van der Waals surface area contributed by atoms with Crippen LogP contribution < -0.4 is 10.2 Å². The second kappa shape index (κ2) is 5.84. The number of aromatic nitrogens is 2. The summed E-state index contributed by atoms with van der Waals surface area (Å²) in [5, 5.41) is 4.87. The molecule has 0 radical (unpaired) electrons. The molecule has 4 nitrogen and oxygen atoms in total. The molecule has 0 aromatic carbocycles. The molecule has 1 aromatic rings. The van der Waals surface area contributed by atoms with Crippen LogP contribution in [0.15, 0.2) is 0 Å². The van der Waals surface area contributed by atoms with E-state index in [1.54, 1.807) is 11.5 Å². The SMILES string of the molecule is CCCN(c1nc(C(C)(C)C)ns1)C1CC2CCC(C1)N2. The summed E-state index contributed by atoms with van der Waals surface area (Å²) >= 11 is 1.59. The maximum atomic E-state index is 4.86. The van der Waals surface area contributed by atoms with Crippen LogP contribution in [0.2, 0.25) is 0 Å². The molecule has 0 spiro atoms. The van der Waals surface area contributed by atoms with Crippen LogP contribution in [-0.4, -0.2) is 34.0 Å². The summed E-state index contributed by atoms with van der Waals surface area (Å²) in [6, 6.07) is 2.09. The van der Waals surface area contributed by atoms with E-state index in [1.807, 2.05) is 0 Å². The lowest BCUT2D eigenvalue weighted by Gasteiger charge is -2.37. The number of nitrogens with one attached hydrogen (secondary N) is 1. The van der Waals surface area contributed by atoms with Crippen LogP contribution in [-0.2, 0) is 5.41 Å². The molecule has 2 fully saturated rings. The highest BCUT2D eigenvalue weighted by molar-refractivity contribution is 7.09. The summed E-state index contributed by atoms with van der Waals surface area (Å²) in [4.78, 5) is 7.40. The summed E-state index contributed by atoms with van der Waals surface area (Å²) in [6.07, 6.45) is 6.40. The quantitative estimate of drug-likeness (QED) is 0.926. The van der Waals surface area contributed by atoms with Crippen molar-refractivity contribution in [2.24, 2.45) is 0 Å². The van der Waals surface area contributed by atoms with Crippen molar-refractivity contribution in [2.75, 3.05) is 11.4 Å². The highest BCUT2D eigenvalue weighted by atomic mass is 32.1. The molecule has 2 atom stereocenters. The molecule has 118 valence electrons. The Kier molecular flexibility index (Phi) is 4.23. The van der Waals surface area contributed by atoms with Crippen molar-refractivity contribution in [3.05, 3.63) is 5.82 Å². The fourth-order valence-electron chi connectivity index (χ4n) is 3.59. The smallest absolute Gasteiger partial charge is 0.205 e. The summed E-state index contributed by atoms with van der Waals surface area (Å²) in [7, 11) is 0. The molecule has 21 heavy (non-hydrogen) atoms. The van der Waals surface area contributed by atoms with Gasteiger partial charge in [0.1, 0.15) is 5.82 Å². The zero-order valence-electron chi connectivity index (χ0n) is 13.7. The second-order valence-electron chi connectivity index (χ2n) is 7.61. The number of nitrogens with zero attached hydrogens (tertiary/aromatic N) is 3. The Labute approximate surface area is 132 Å². The third-order valence-corrected chi connectivity index (χ3v) is 5.44. The van der Waals surface area contributed by atoms with Crippen molar-refractivity contribution in [3.8, 4) is 0 Å². The van der Waals surface area contributed by atoms with Crippen molar-refractivity contribution in [1.82, 2.24) is 14.7 Å². The first-order chi connectivity index (χ1) is 9.97. The fourth-order valence-corrected chi connectivity index (χ4v) is 4.55. The van der Waals surface area contributed by atoms with Crippen molar-refractivity contribution in [1.29, 1.82) is 0 Å². The zero-order valence-corrected chi connectivity index (χ0v) is 14.5. The van der Waals surface area contributed by atoms with Gasteiger partial charge in [-0.25, -0.2) is 4.98 Å². The van der Waals surface area contributed by atoms with E-state index >= 15 is 0 Å². The Morgan fingerprint density at radius 3 is 2.43 bits per heavy atom. The van der Waals surface area contributed by atoms with E-state index in [9.17, 15) is 0 Å². The number of hydrogen-bond acceptors (Lipinski definition) is 5. The standard InChI is InChI=1S/C16H28N4S/c1-5-8-20(13-9-11-6-7-12(10-13)17-11)15-18-14(19-21-15)16(2,3)4/h11-13,17H,5-10H2,1-4H3. The maximum absolute atomic E-state index is 4.86. The molecule has 2 unspecified atom stereocenters. The summed E-state index contributed by atoms with van der Waals surface area (Å²) in [6.45, 7) is 9.92. The second-order valence-corrected chi connectivity index (χ2v) is 8.34. The van der Waals surface area contributed by atoms with Crippen LogP contribution in [0.25, 0.3) is 0 Å². The van der Waals surface area contributed by atoms with Crippen molar-refractivity contribution in [3.63, 3.8) is 0 Å². The van der Waals surface area contributed by atoms with Gasteiger partial charge in [0.05, 0.1) is 0 Å².